The molecule has 2 aliphatic heterocycles. The average Bonchev–Trinajstić information content (AvgIpc) is 2.58. The highest BCUT2D eigenvalue weighted by Gasteiger charge is 2.21. The van der Waals surface area contributed by atoms with Gasteiger partial charge in [-0.05, 0) is 0 Å². The number of nitrogens with one attached hydrogen (secondary N) is 2. The Bertz CT molecular complexity index is 255. The number of hydrogen-bond donors (Lipinski definition) is 2. The molecule has 2 aliphatic rings. The van der Waals surface area contributed by atoms with Crippen molar-refractivity contribution in [2.45, 2.75) is 0 Å². The molecular weight excluding hydrogens is 228 g/mol. The topological polar surface area (TPSA) is 24.1 Å². The summed E-state index contributed by atoms with van der Waals surface area (Å²) >= 11 is 13.3. The summed E-state index contributed by atoms with van der Waals surface area (Å²) in [5.41, 5.74) is 0. The minimum atomic E-state index is 0.871. The van der Waals surface area contributed by atoms with Crippen molar-refractivity contribution in [3.8, 4) is 0 Å². The molecular formula is C6H6N2S4. The molecule has 2 N–H and O–H groups in total. The van der Waals surface area contributed by atoms with Gasteiger partial charge in [0.2, 0.25) is 0 Å². The predicted molar refractivity (Wildman–Crippen MR) is 63.4 cm³/mol. The second-order valence-electron chi connectivity index (χ2n) is 2.33. The van der Waals surface area contributed by atoms with Crippen LogP contribution in [0.15, 0.2) is 9.81 Å². The van der Waals surface area contributed by atoms with Gasteiger partial charge in [-0.1, -0.05) is 48.0 Å². The second kappa shape index (κ2) is 3.53. The van der Waals surface area contributed by atoms with Gasteiger partial charge in [-0.3, -0.25) is 0 Å². The third-order valence-electron chi connectivity index (χ3n) is 1.53. The lowest BCUT2D eigenvalue weighted by atomic mass is 10.5. The fourth-order valence-corrected chi connectivity index (χ4v) is 3.38. The van der Waals surface area contributed by atoms with Gasteiger partial charge in [-0.25, -0.2) is 0 Å². The van der Waals surface area contributed by atoms with Crippen molar-refractivity contribution in [1.82, 2.24) is 10.6 Å². The van der Waals surface area contributed by atoms with Gasteiger partial charge in [0.1, 0.15) is 8.64 Å². The molecule has 0 aromatic heterocycles. The summed E-state index contributed by atoms with van der Waals surface area (Å²) < 4.78 is 1.74. The molecule has 2 fully saturated rings. The zero-order valence-electron chi connectivity index (χ0n) is 6.05. The first kappa shape index (κ1) is 8.80. The number of thioether (sulfide) groups is 2. The van der Waals surface area contributed by atoms with E-state index in [1.807, 2.05) is 0 Å². The van der Waals surface area contributed by atoms with E-state index in [1.165, 1.54) is 9.81 Å². The molecule has 2 saturated heterocycles. The van der Waals surface area contributed by atoms with E-state index in [4.69, 9.17) is 24.4 Å². The molecule has 0 aromatic carbocycles. The largest absolute Gasteiger partial charge is 0.366 e. The van der Waals surface area contributed by atoms with Gasteiger partial charge in [0.05, 0.1) is 0 Å². The van der Waals surface area contributed by atoms with E-state index < -0.39 is 0 Å². The molecule has 2 nitrogen and oxygen atoms in total. The Balaban J connectivity index is 2.16. The molecule has 0 amide bonds. The van der Waals surface area contributed by atoms with Gasteiger partial charge in [-0.15, -0.1) is 0 Å². The Kier molecular flexibility index (Phi) is 2.59. The van der Waals surface area contributed by atoms with Crippen LogP contribution >= 0.6 is 48.0 Å². The fourth-order valence-electron chi connectivity index (χ4n) is 0.984. The van der Waals surface area contributed by atoms with E-state index in [-0.39, 0.29) is 0 Å². The van der Waals surface area contributed by atoms with Crippen molar-refractivity contribution >= 4 is 56.6 Å². The zero-order valence-corrected chi connectivity index (χ0v) is 9.31. The molecule has 0 aromatic rings. The highest BCUT2D eigenvalue weighted by atomic mass is 32.2. The van der Waals surface area contributed by atoms with Crippen molar-refractivity contribution in [3.05, 3.63) is 9.81 Å². The first-order valence-corrected chi connectivity index (χ1v) is 5.84. The van der Waals surface area contributed by atoms with Crippen LogP contribution in [0, 0.1) is 0 Å². The zero-order chi connectivity index (χ0) is 8.55. The quantitative estimate of drug-likeness (QED) is 0.615. The van der Waals surface area contributed by atoms with E-state index in [0.717, 1.165) is 21.7 Å². The Morgan fingerprint density at radius 3 is 1.58 bits per heavy atom. The normalized spacial score (nSPS) is 29.0. The minimum absolute atomic E-state index is 0.871. The fraction of sp³-hybridized carbons (Fsp3) is 0.333. The molecule has 6 heteroatoms. The number of thiocarbonyl (C=S) groups is 2. The second-order valence-corrected chi connectivity index (χ2v) is 5.88. The Morgan fingerprint density at radius 1 is 0.917 bits per heavy atom. The highest BCUT2D eigenvalue weighted by molar-refractivity contribution is 8.28. The summed E-state index contributed by atoms with van der Waals surface area (Å²) in [6.07, 6.45) is 0. The summed E-state index contributed by atoms with van der Waals surface area (Å²) in [7, 11) is 0. The molecule has 2 heterocycles. The van der Waals surface area contributed by atoms with E-state index >= 15 is 0 Å². The van der Waals surface area contributed by atoms with E-state index in [9.17, 15) is 0 Å². The molecule has 0 radical (unpaired) electrons. The van der Waals surface area contributed by atoms with Crippen LogP contribution in [0.5, 0.6) is 0 Å². The Morgan fingerprint density at radius 2 is 1.33 bits per heavy atom. The molecule has 0 aliphatic carbocycles. The molecule has 0 unspecified atom stereocenters. The minimum Gasteiger partial charge on any atom is -0.366 e. The van der Waals surface area contributed by atoms with Gasteiger partial charge in [0.15, 0.2) is 0 Å². The molecule has 0 bridgehead atoms. The molecule has 2 rings (SSSR count). The van der Waals surface area contributed by atoms with Gasteiger partial charge >= 0.3 is 0 Å². The van der Waals surface area contributed by atoms with Crippen molar-refractivity contribution in [2.75, 3.05) is 13.1 Å². The Labute approximate surface area is 89.9 Å². The van der Waals surface area contributed by atoms with Crippen LogP contribution < -0.4 is 10.6 Å². The van der Waals surface area contributed by atoms with Crippen molar-refractivity contribution in [1.29, 1.82) is 0 Å². The van der Waals surface area contributed by atoms with Crippen LogP contribution in [0.3, 0.4) is 0 Å². The van der Waals surface area contributed by atoms with Crippen LogP contribution in [-0.2, 0) is 0 Å². The molecule has 0 spiro atoms. The molecule has 64 valence electrons. The maximum Gasteiger partial charge on any atom is 0.138 e. The summed E-state index contributed by atoms with van der Waals surface area (Å²) in [5.74, 6) is 0. The maximum absolute atomic E-state index is 5.02. The van der Waals surface area contributed by atoms with Gasteiger partial charge in [0, 0.05) is 22.9 Å². The first-order chi connectivity index (χ1) is 5.75. The van der Waals surface area contributed by atoms with E-state index in [0.29, 0.717) is 0 Å². The third-order valence-corrected chi connectivity index (χ3v) is 4.38. The van der Waals surface area contributed by atoms with Crippen LogP contribution in [0.25, 0.3) is 0 Å². The summed E-state index contributed by atoms with van der Waals surface area (Å²) in [5, 5.41) is 6.23. The summed E-state index contributed by atoms with van der Waals surface area (Å²) in [4.78, 5) is 2.63. The number of hydrogen-bond acceptors (Lipinski definition) is 4. The standard InChI is InChI=1S/C6H6N2S4/c9-5-7-1-3(11-5)4-2-8-6(10)12-4/h1-2H2,(H,7,9)(H,8,10). The van der Waals surface area contributed by atoms with Crippen molar-refractivity contribution < 1.29 is 0 Å². The SMILES string of the molecule is S=C1NCC(=C2CNC(=S)S2)S1. The molecule has 0 saturated carbocycles. The van der Waals surface area contributed by atoms with Crippen LogP contribution in [-0.4, -0.2) is 21.7 Å². The summed E-state index contributed by atoms with van der Waals surface area (Å²) in [6.45, 7) is 1.74. The third kappa shape index (κ3) is 1.76. The summed E-state index contributed by atoms with van der Waals surface area (Å²) in [6, 6.07) is 0. The number of rotatable bonds is 0. The van der Waals surface area contributed by atoms with Crippen LogP contribution in [0.1, 0.15) is 0 Å². The predicted octanol–water partition coefficient (Wildman–Crippen LogP) is 1.44. The van der Waals surface area contributed by atoms with E-state index in [1.54, 1.807) is 23.5 Å². The lowest BCUT2D eigenvalue weighted by molar-refractivity contribution is 1.04. The van der Waals surface area contributed by atoms with Gasteiger partial charge in [0.25, 0.3) is 0 Å². The highest BCUT2D eigenvalue weighted by Crippen LogP contribution is 2.33. The maximum atomic E-state index is 5.02. The lowest BCUT2D eigenvalue weighted by Gasteiger charge is -1.95. The van der Waals surface area contributed by atoms with Crippen LogP contribution in [0.2, 0.25) is 0 Å². The van der Waals surface area contributed by atoms with Crippen molar-refractivity contribution in [3.63, 3.8) is 0 Å². The lowest BCUT2D eigenvalue weighted by Crippen LogP contribution is -2.11. The van der Waals surface area contributed by atoms with Gasteiger partial charge < -0.3 is 10.6 Å². The monoisotopic (exact) mass is 234 g/mol. The first-order valence-electron chi connectivity index (χ1n) is 3.39. The smallest absolute Gasteiger partial charge is 0.138 e. The molecule has 0 atom stereocenters. The average molecular weight is 234 g/mol. The molecule has 12 heavy (non-hydrogen) atoms. The van der Waals surface area contributed by atoms with E-state index in [2.05, 4.69) is 10.6 Å². The van der Waals surface area contributed by atoms with Crippen LogP contribution in [0.4, 0.5) is 0 Å². The Hall–Kier alpha value is 0.220. The van der Waals surface area contributed by atoms with Crippen molar-refractivity contribution in [2.24, 2.45) is 0 Å². The van der Waals surface area contributed by atoms with Gasteiger partial charge in [-0.2, -0.15) is 0 Å².